The quantitative estimate of drug-likeness (QED) is 0.564. The van der Waals surface area contributed by atoms with Crippen LogP contribution < -0.4 is 16.0 Å². The standard InChI is InChI=1S/C12H13FN4O2S/c13-10-3-1-9(2-4-10)8-16-20(18,19)11-5-6-15-12(7-11)17-14/h1-7,16H,8,14H2,(H,15,17). The molecule has 6 nitrogen and oxygen atoms in total. The molecule has 0 spiro atoms. The predicted octanol–water partition coefficient (Wildman–Crippen LogP) is 0.985. The average Bonchev–Trinajstić information content (AvgIpc) is 2.47. The van der Waals surface area contributed by atoms with Crippen molar-refractivity contribution in [2.45, 2.75) is 11.4 Å². The molecule has 2 aromatic rings. The lowest BCUT2D eigenvalue weighted by atomic mass is 10.2. The molecule has 2 rings (SSSR count). The highest BCUT2D eigenvalue weighted by atomic mass is 32.2. The van der Waals surface area contributed by atoms with E-state index >= 15 is 0 Å². The van der Waals surface area contributed by atoms with Gasteiger partial charge in [-0.15, -0.1) is 0 Å². The highest BCUT2D eigenvalue weighted by molar-refractivity contribution is 7.89. The molecule has 0 unspecified atom stereocenters. The Balaban J connectivity index is 2.12. The summed E-state index contributed by atoms with van der Waals surface area (Å²) in [7, 11) is -3.68. The second-order valence-electron chi connectivity index (χ2n) is 3.97. The zero-order valence-corrected chi connectivity index (χ0v) is 11.2. The van der Waals surface area contributed by atoms with E-state index in [4.69, 9.17) is 5.84 Å². The van der Waals surface area contributed by atoms with Crippen molar-refractivity contribution < 1.29 is 12.8 Å². The third-order valence-electron chi connectivity index (χ3n) is 2.57. The number of rotatable bonds is 5. The van der Waals surface area contributed by atoms with Crippen molar-refractivity contribution in [2.24, 2.45) is 5.84 Å². The normalized spacial score (nSPS) is 11.3. The monoisotopic (exact) mass is 296 g/mol. The molecule has 8 heteroatoms. The fraction of sp³-hybridized carbons (Fsp3) is 0.0833. The number of hydrogen-bond donors (Lipinski definition) is 3. The molecule has 1 heterocycles. The molecule has 0 radical (unpaired) electrons. The molecule has 0 bridgehead atoms. The summed E-state index contributed by atoms with van der Waals surface area (Å²) in [6.07, 6.45) is 1.33. The molecule has 0 saturated carbocycles. The lowest BCUT2D eigenvalue weighted by Crippen LogP contribution is -2.23. The van der Waals surface area contributed by atoms with E-state index in [-0.39, 0.29) is 23.1 Å². The van der Waals surface area contributed by atoms with Crippen LogP contribution in [-0.2, 0) is 16.6 Å². The summed E-state index contributed by atoms with van der Waals surface area (Å²) >= 11 is 0. The maximum atomic E-state index is 12.7. The summed E-state index contributed by atoms with van der Waals surface area (Å²) < 4.78 is 39.3. The maximum Gasteiger partial charge on any atom is 0.241 e. The van der Waals surface area contributed by atoms with Gasteiger partial charge in [-0.1, -0.05) is 12.1 Å². The highest BCUT2D eigenvalue weighted by Gasteiger charge is 2.14. The molecule has 0 aliphatic rings. The second kappa shape index (κ2) is 5.95. The SMILES string of the molecule is NNc1cc(S(=O)(=O)NCc2ccc(F)cc2)ccn1. The van der Waals surface area contributed by atoms with E-state index in [1.54, 1.807) is 0 Å². The number of nitrogens with one attached hydrogen (secondary N) is 2. The van der Waals surface area contributed by atoms with Crippen molar-refractivity contribution in [3.63, 3.8) is 0 Å². The first-order valence-corrected chi connectivity index (χ1v) is 7.16. The van der Waals surface area contributed by atoms with Crippen LogP contribution in [-0.4, -0.2) is 13.4 Å². The number of benzene rings is 1. The third-order valence-corrected chi connectivity index (χ3v) is 3.97. The Hall–Kier alpha value is -2.03. The van der Waals surface area contributed by atoms with E-state index in [2.05, 4.69) is 15.1 Å². The first-order valence-electron chi connectivity index (χ1n) is 5.68. The number of anilines is 1. The van der Waals surface area contributed by atoms with Gasteiger partial charge in [0.2, 0.25) is 10.0 Å². The van der Waals surface area contributed by atoms with Crippen LogP contribution in [0.1, 0.15) is 5.56 Å². The number of halogens is 1. The van der Waals surface area contributed by atoms with Crippen LogP contribution in [0, 0.1) is 5.82 Å². The maximum absolute atomic E-state index is 12.7. The number of nitrogens with two attached hydrogens (primary N) is 1. The van der Waals surface area contributed by atoms with Gasteiger partial charge in [-0.05, 0) is 23.8 Å². The minimum absolute atomic E-state index is 0.0440. The molecule has 0 amide bonds. The molecular formula is C12H13FN4O2S. The molecule has 0 saturated heterocycles. The third kappa shape index (κ3) is 3.50. The fourth-order valence-corrected chi connectivity index (χ4v) is 2.55. The number of hydrogen-bond acceptors (Lipinski definition) is 5. The van der Waals surface area contributed by atoms with Gasteiger partial charge >= 0.3 is 0 Å². The van der Waals surface area contributed by atoms with Gasteiger partial charge in [0.1, 0.15) is 11.6 Å². The number of pyridine rings is 1. The lowest BCUT2D eigenvalue weighted by Gasteiger charge is -2.08. The highest BCUT2D eigenvalue weighted by Crippen LogP contribution is 2.12. The molecule has 1 aromatic heterocycles. The van der Waals surface area contributed by atoms with E-state index in [0.717, 1.165) is 0 Å². The van der Waals surface area contributed by atoms with Gasteiger partial charge in [-0.25, -0.2) is 28.4 Å². The molecule has 0 aliphatic heterocycles. The van der Waals surface area contributed by atoms with Crippen molar-refractivity contribution in [3.05, 3.63) is 54.0 Å². The van der Waals surface area contributed by atoms with Crippen LogP contribution in [0.25, 0.3) is 0 Å². The molecule has 4 N–H and O–H groups in total. The summed E-state index contributed by atoms with van der Waals surface area (Å²) in [6, 6.07) is 8.23. The molecule has 20 heavy (non-hydrogen) atoms. The molecule has 106 valence electrons. The van der Waals surface area contributed by atoms with Crippen molar-refractivity contribution in [1.29, 1.82) is 0 Å². The van der Waals surface area contributed by atoms with Crippen LogP contribution in [0.15, 0.2) is 47.5 Å². The zero-order chi connectivity index (χ0) is 14.6. The van der Waals surface area contributed by atoms with Gasteiger partial charge in [0.15, 0.2) is 0 Å². The van der Waals surface area contributed by atoms with Gasteiger partial charge in [0, 0.05) is 18.8 Å². The van der Waals surface area contributed by atoms with Gasteiger partial charge in [0.05, 0.1) is 4.90 Å². The topological polar surface area (TPSA) is 97.1 Å². The van der Waals surface area contributed by atoms with Gasteiger partial charge in [0.25, 0.3) is 0 Å². The summed E-state index contributed by atoms with van der Waals surface area (Å²) in [4.78, 5) is 3.87. The van der Waals surface area contributed by atoms with Crippen LogP contribution in [0.4, 0.5) is 10.2 Å². The van der Waals surface area contributed by atoms with Crippen molar-refractivity contribution in [1.82, 2.24) is 9.71 Å². The minimum atomic E-state index is -3.68. The van der Waals surface area contributed by atoms with Gasteiger partial charge in [-0.2, -0.15) is 0 Å². The van der Waals surface area contributed by atoms with E-state index in [1.165, 1.54) is 42.6 Å². The molecule has 0 atom stereocenters. The molecule has 1 aromatic carbocycles. The van der Waals surface area contributed by atoms with Crippen LogP contribution in [0.2, 0.25) is 0 Å². The van der Waals surface area contributed by atoms with Crippen LogP contribution in [0.3, 0.4) is 0 Å². The predicted molar refractivity (Wildman–Crippen MR) is 72.5 cm³/mol. The van der Waals surface area contributed by atoms with E-state index < -0.39 is 10.0 Å². The van der Waals surface area contributed by atoms with Crippen molar-refractivity contribution in [3.8, 4) is 0 Å². The minimum Gasteiger partial charge on any atom is -0.308 e. The largest absolute Gasteiger partial charge is 0.308 e. The number of sulfonamides is 1. The fourth-order valence-electron chi connectivity index (χ4n) is 1.52. The van der Waals surface area contributed by atoms with Gasteiger partial charge < -0.3 is 5.43 Å². The number of aromatic nitrogens is 1. The lowest BCUT2D eigenvalue weighted by molar-refractivity contribution is 0.581. The Kier molecular flexibility index (Phi) is 4.28. The Morgan fingerprint density at radius 3 is 2.55 bits per heavy atom. The first-order chi connectivity index (χ1) is 9.51. The van der Waals surface area contributed by atoms with Crippen molar-refractivity contribution in [2.75, 3.05) is 5.43 Å². The number of nitrogen functional groups attached to an aromatic ring is 1. The van der Waals surface area contributed by atoms with E-state index in [1.807, 2.05) is 0 Å². The summed E-state index contributed by atoms with van der Waals surface area (Å²) in [5.41, 5.74) is 2.93. The smallest absolute Gasteiger partial charge is 0.241 e. The molecule has 0 fully saturated rings. The summed E-state index contributed by atoms with van der Waals surface area (Å²) in [5.74, 6) is 5.05. The Bertz CT molecular complexity index is 689. The number of hydrazine groups is 1. The molecular weight excluding hydrogens is 283 g/mol. The van der Waals surface area contributed by atoms with E-state index in [9.17, 15) is 12.8 Å². The Labute approximate surface area is 115 Å². The van der Waals surface area contributed by atoms with Crippen molar-refractivity contribution >= 4 is 15.8 Å². The van der Waals surface area contributed by atoms with E-state index in [0.29, 0.717) is 5.56 Å². The van der Waals surface area contributed by atoms with Crippen LogP contribution >= 0.6 is 0 Å². The van der Waals surface area contributed by atoms with Crippen LogP contribution in [0.5, 0.6) is 0 Å². The molecule has 0 aliphatic carbocycles. The average molecular weight is 296 g/mol. The number of nitrogens with zero attached hydrogens (tertiary/aromatic N) is 1. The Morgan fingerprint density at radius 2 is 1.90 bits per heavy atom. The second-order valence-corrected chi connectivity index (χ2v) is 5.74. The first kappa shape index (κ1) is 14.4. The summed E-state index contributed by atoms with van der Waals surface area (Å²) in [5, 5.41) is 0. The van der Waals surface area contributed by atoms with Gasteiger partial charge in [-0.3, -0.25) is 0 Å². The summed E-state index contributed by atoms with van der Waals surface area (Å²) in [6.45, 7) is 0.0658. The zero-order valence-electron chi connectivity index (χ0n) is 10.4. The Morgan fingerprint density at radius 1 is 1.20 bits per heavy atom.